The molecule has 0 unspecified atom stereocenters. The first-order chi connectivity index (χ1) is 5.35. The Morgan fingerprint density at radius 2 is 1.91 bits per heavy atom. The highest BCUT2D eigenvalue weighted by atomic mass is 16.3. The van der Waals surface area contributed by atoms with E-state index in [2.05, 4.69) is 6.92 Å². The van der Waals surface area contributed by atoms with Gasteiger partial charge in [-0.3, -0.25) is 0 Å². The first-order valence-corrected chi connectivity index (χ1v) is 4.24. The van der Waals surface area contributed by atoms with Gasteiger partial charge >= 0.3 is 0 Å². The highest BCUT2D eigenvalue weighted by Gasteiger charge is 1.93. The molecule has 0 radical (unpaired) electrons. The number of aliphatic hydroxyl groups excluding tert-OH is 2. The molecule has 0 aliphatic carbocycles. The van der Waals surface area contributed by atoms with E-state index in [1.54, 1.807) is 0 Å². The maximum atomic E-state index is 8.66. The molecule has 0 aliphatic heterocycles. The van der Waals surface area contributed by atoms with Crippen LogP contribution < -0.4 is 0 Å². The Morgan fingerprint density at radius 3 is 2.36 bits per heavy atom. The van der Waals surface area contributed by atoms with Gasteiger partial charge in [0.1, 0.15) is 0 Å². The molecule has 2 nitrogen and oxygen atoms in total. The summed E-state index contributed by atoms with van der Waals surface area (Å²) in [5.41, 5.74) is 1.27. The third-order valence-electron chi connectivity index (χ3n) is 1.57. The summed E-state index contributed by atoms with van der Waals surface area (Å²) >= 11 is 0. The minimum Gasteiger partial charge on any atom is -0.396 e. The van der Waals surface area contributed by atoms with Gasteiger partial charge < -0.3 is 10.2 Å². The number of aliphatic hydroxyl groups is 2. The fourth-order valence-electron chi connectivity index (χ4n) is 1.06. The van der Waals surface area contributed by atoms with Gasteiger partial charge in [-0.25, -0.2) is 0 Å². The molecule has 2 heteroatoms. The molecular formula is C9H18O2. The van der Waals surface area contributed by atoms with E-state index < -0.39 is 0 Å². The van der Waals surface area contributed by atoms with Crippen molar-refractivity contribution in [2.45, 2.75) is 32.6 Å². The maximum Gasteiger partial charge on any atom is 0.0468 e. The lowest BCUT2D eigenvalue weighted by Crippen LogP contribution is -1.90. The van der Waals surface area contributed by atoms with Crippen molar-refractivity contribution in [2.24, 2.45) is 0 Å². The van der Waals surface area contributed by atoms with Crippen molar-refractivity contribution in [3.05, 3.63) is 11.6 Å². The Bertz CT molecular complexity index is 100. The van der Waals surface area contributed by atoms with Crippen molar-refractivity contribution < 1.29 is 10.2 Å². The fourth-order valence-corrected chi connectivity index (χ4v) is 1.06. The van der Waals surface area contributed by atoms with E-state index in [4.69, 9.17) is 10.2 Å². The summed E-state index contributed by atoms with van der Waals surface area (Å²) in [6.45, 7) is 2.54. The maximum absolute atomic E-state index is 8.66. The van der Waals surface area contributed by atoms with Gasteiger partial charge in [-0.2, -0.15) is 0 Å². The number of rotatable bonds is 6. The minimum absolute atomic E-state index is 0.207. The van der Waals surface area contributed by atoms with Crippen molar-refractivity contribution in [2.75, 3.05) is 13.2 Å². The second-order valence-electron chi connectivity index (χ2n) is 2.60. The van der Waals surface area contributed by atoms with Crippen LogP contribution in [0.1, 0.15) is 32.6 Å². The Labute approximate surface area is 68.6 Å². The summed E-state index contributed by atoms with van der Waals surface area (Å²) in [6.07, 6.45) is 5.65. The predicted molar refractivity (Wildman–Crippen MR) is 46.4 cm³/mol. The summed E-state index contributed by atoms with van der Waals surface area (Å²) in [5.74, 6) is 0. The molecule has 0 saturated carbocycles. The van der Waals surface area contributed by atoms with Crippen LogP contribution in [-0.2, 0) is 0 Å². The van der Waals surface area contributed by atoms with Crippen molar-refractivity contribution in [1.29, 1.82) is 0 Å². The molecule has 66 valence electrons. The molecule has 0 spiro atoms. The van der Waals surface area contributed by atoms with Crippen LogP contribution in [0.4, 0.5) is 0 Å². The molecule has 0 atom stereocenters. The Morgan fingerprint density at radius 1 is 1.18 bits per heavy atom. The van der Waals surface area contributed by atoms with E-state index in [9.17, 15) is 0 Å². The molecule has 0 aromatic heterocycles. The lowest BCUT2D eigenvalue weighted by Gasteiger charge is -2.02. The van der Waals surface area contributed by atoms with Crippen molar-refractivity contribution in [1.82, 2.24) is 0 Å². The summed E-state index contributed by atoms with van der Waals surface area (Å²) < 4.78 is 0. The summed E-state index contributed by atoms with van der Waals surface area (Å²) in [5, 5.41) is 17.2. The molecule has 11 heavy (non-hydrogen) atoms. The smallest absolute Gasteiger partial charge is 0.0468 e. The number of hydrogen-bond acceptors (Lipinski definition) is 2. The molecule has 0 rings (SSSR count). The average molecular weight is 158 g/mol. The van der Waals surface area contributed by atoms with E-state index >= 15 is 0 Å². The molecule has 2 N–H and O–H groups in total. The molecule has 0 bridgehead atoms. The average Bonchev–Trinajstić information content (AvgIpc) is 2.01. The summed E-state index contributed by atoms with van der Waals surface area (Å²) in [7, 11) is 0. The lowest BCUT2D eigenvalue weighted by atomic mass is 10.1. The van der Waals surface area contributed by atoms with Crippen LogP contribution in [-0.4, -0.2) is 23.4 Å². The minimum atomic E-state index is 0.207. The van der Waals surface area contributed by atoms with Crippen molar-refractivity contribution >= 4 is 0 Å². The molecule has 0 amide bonds. The Kier molecular flexibility index (Phi) is 7.52. The first kappa shape index (κ1) is 10.7. The van der Waals surface area contributed by atoms with Gasteiger partial charge in [0, 0.05) is 13.2 Å². The topological polar surface area (TPSA) is 40.5 Å². The second kappa shape index (κ2) is 7.76. The Balaban J connectivity index is 3.66. The molecule has 0 heterocycles. The van der Waals surface area contributed by atoms with Crippen LogP contribution in [0.3, 0.4) is 0 Å². The van der Waals surface area contributed by atoms with Crippen LogP contribution >= 0.6 is 0 Å². The fraction of sp³-hybridized carbons (Fsp3) is 0.778. The normalized spacial score (nSPS) is 12.1. The highest BCUT2D eigenvalue weighted by molar-refractivity contribution is 5.01. The molecule has 0 aromatic carbocycles. The third kappa shape index (κ3) is 6.07. The van der Waals surface area contributed by atoms with Gasteiger partial charge in [0.2, 0.25) is 0 Å². The van der Waals surface area contributed by atoms with E-state index in [0.29, 0.717) is 0 Å². The SMILES string of the molecule is CCCC(=CCCO)CCO. The van der Waals surface area contributed by atoms with Crippen LogP contribution in [0, 0.1) is 0 Å². The van der Waals surface area contributed by atoms with E-state index in [-0.39, 0.29) is 13.2 Å². The summed E-state index contributed by atoms with van der Waals surface area (Å²) in [4.78, 5) is 0. The van der Waals surface area contributed by atoms with Gasteiger partial charge in [0.25, 0.3) is 0 Å². The zero-order valence-electron chi connectivity index (χ0n) is 7.21. The van der Waals surface area contributed by atoms with Gasteiger partial charge in [0.05, 0.1) is 0 Å². The monoisotopic (exact) mass is 158 g/mol. The number of hydrogen-bond donors (Lipinski definition) is 2. The van der Waals surface area contributed by atoms with Gasteiger partial charge in [-0.1, -0.05) is 25.0 Å². The quantitative estimate of drug-likeness (QED) is 0.575. The molecular weight excluding hydrogens is 140 g/mol. The molecule has 0 saturated heterocycles. The van der Waals surface area contributed by atoms with Crippen LogP contribution in [0.2, 0.25) is 0 Å². The molecule has 0 aliphatic rings. The second-order valence-corrected chi connectivity index (χ2v) is 2.60. The van der Waals surface area contributed by atoms with E-state index in [0.717, 1.165) is 25.7 Å². The third-order valence-corrected chi connectivity index (χ3v) is 1.57. The van der Waals surface area contributed by atoms with Crippen molar-refractivity contribution in [3.8, 4) is 0 Å². The van der Waals surface area contributed by atoms with Gasteiger partial charge in [-0.15, -0.1) is 0 Å². The first-order valence-electron chi connectivity index (χ1n) is 4.24. The standard InChI is InChI=1S/C9H18O2/c1-2-4-9(6-8-11)5-3-7-10/h5,10-11H,2-4,6-8H2,1H3. The Hall–Kier alpha value is -0.340. The van der Waals surface area contributed by atoms with Crippen LogP contribution in [0.25, 0.3) is 0 Å². The summed E-state index contributed by atoms with van der Waals surface area (Å²) in [6, 6.07) is 0. The molecule has 0 fully saturated rings. The molecule has 0 aromatic rings. The van der Waals surface area contributed by atoms with Crippen molar-refractivity contribution in [3.63, 3.8) is 0 Å². The van der Waals surface area contributed by atoms with E-state index in [1.165, 1.54) is 5.57 Å². The predicted octanol–water partition coefficient (Wildman–Crippen LogP) is 1.48. The van der Waals surface area contributed by atoms with Crippen LogP contribution in [0.5, 0.6) is 0 Å². The van der Waals surface area contributed by atoms with Crippen LogP contribution in [0.15, 0.2) is 11.6 Å². The van der Waals surface area contributed by atoms with Gasteiger partial charge in [-0.05, 0) is 19.3 Å². The largest absolute Gasteiger partial charge is 0.396 e. The highest BCUT2D eigenvalue weighted by Crippen LogP contribution is 2.09. The van der Waals surface area contributed by atoms with E-state index in [1.807, 2.05) is 6.08 Å². The lowest BCUT2D eigenvalue weighted by molar-refractivity contribution is 0.294. The zero-order valence-corrected chi connectivity index (χ0v) is 7.21. The van der Waals surface area contributed by atoms with Gasteiger partial charge in [0.15, 0.2) is 0 Å². The zero-order chi connectivity index (χ0) is 8.53.